The molecule has 0 bridgehead atoms. The largest absolute Gasteiger partial charge is 0.466 e. The third-order valence-electron chi connectivity index (χ3n) is 1.95. The molecule has 0 spiro atoms. The molecule has 0 aliphatic carbocycles. The molecule has 0 saturated carbocycles. The van der Waals surface area contributed by atoms with Crippen molar-refractivity contribution in [2.24, 2.45) is 0 Å². The van der Waals surface area contributed by atoms with Gasteiger partial charge in [-0.2, -0.15) is 0 Å². The summed E-state index contributed by atoms with van der Waals surface area (Å²) >= 11 is 0.613. The van der Waals surface area contributed by atoms with E-state index in [4.69, 9.17) is 0 Å². The molecule has 2 N–H and O–H groups in total. The van der Waals surface area contributed by atoms with Crippen molar-refractivity contribution in [3.63, 3.8) is 0 Å². The van der Waals surface area contributed by atoms with Crippen molar-refractivity contribution < 1.29 is 17.9 Å². The predicted molar refractivity (Wildman–Crippen MR) is 66.1 cm³/mol. The number of nitrogens with one attached hydrogen (secondary N) is 2. The van der Waals surface area contributed by atoms with Crippen LogP contribution in [0.1, 0.15) is 19.0 Å². The van der Waals surface area contributed by atoms with Gasteiger partial charge in [-0.3, -0.25) is 9.59 Å². The lowest BCUT2D eigenvalue weighted by Gasteiger charge is -2.05. The number of aromatic amines is 1. The molecule has 1 aromatic rings. The van der Waals surface area contributed by atoms with E-state index in [1.807, 2.05) is 0 Å². The molecule has 0 atom stereocenters. The zero-order valence-corrected chi connectivity index (χ0v) is 11.6. The van der Waals surface area contributed by atoms with E-state index in [1.165, 1.54) is 6.92 Å². The van der Waals surface area contributed by atoms with E-state index in [1.54, 1.807) is 6.92 Å². The van der Waals surface area contributed by atoms with E-state index < -0.39 is 20.9 Å². The highest BCUT2D eigenvalue weighted by molar-refractivity contribution is 7.91. The summed E-state index contributed by atoms with van der Waals surface area (Å²) in [6.07, 6.45) is -0.0502. The topological polar surface area (TPSA) is 105 Å². The van der Waals surface area contributed by atoms with Gasteiger partial charge in [-0.1, -0.05) is 11.3 Å². The van der Waals surface area contributed by atoms with E-state index in [9.17, 15) is 18.0 Å². The number of esters is 1. The summed E-state index contributed by atoms with van der Waals surface area (Å²) in [4.78, 5) is 24.0. The maximum Gasteiger partial charge on any atom is 0.307 e. The van der Waals surface area contributed by atoms with Gasteiger partial charge < -0.3 is 9.72 Å². The molecular formula is C9H14N2O5S2. The first kappa shape index (κ1) is 14.9. The second-order valence-electron chi connectivity index (χ2n) is 3.38. The fourth-order valence-corrected chi connectivity index (χ4v) is 3.61. The second-order valence-corrected chi connectivity index (χ2v) is 6.33. The molecule has 0 radical (unpaired) electrons. The number of sulfonamides is 1. The molecule has 1 rings (SSSR count). The molecule has 0 amide bonds. The number of hydrogen-bond donors (Lipinski definition) is 2. The zero-order valence-electron chi connectivity index (χ0n) is 9.98. The molecule has 0 saturated heterocycles. The highest BCUT2D eigenvalue weighted by Gasteiger charge is 2.20. The fraction of sp³-hybridized carbons (Fsp3) is 0.556. The minimum atomic E-state index is -3.75. The molecule has 0 aromatic carbocycles. The number of carbonyl (C=O) groups excluding carboxylic acids is 1. The Kier molecular flexibility index (Phi) is 5.05. The SMILES string of the molecule is CCOC(=O)CCNS(=O)(=O)c1sc(=O)[nH]c1C. The van der Waals surface area contributed by atoms with Gasteiger partial charge in [0.1, 0.15) is 0 Å². The van der Waals surface area contributed by atoms with E-state index in [2.05, 4.69) is 14.4 Å². The smallest absolute Gasteiger partial charge is 0.307 e. The van der Waals surface area contributed by atoms with Gasteiger partial charge in [0, 0.05) is 12.2 Å². The Labute approximate surface area is 108 Å². The lowest BCUT2D eigenvalue weighted by atomic mass is 10.4. The summed E-state index contributed by atoms with van der Waals surface area (Å²) in [5.74, 6) is -0.473. The molecule has 102 valence electrons. The molecular weight excluding hydrogens is 280 g/mol. The van der Waals surface area contributed by atoms with Gasteiger partial charge in [0.25, 0.3) is 10.0 Å². The highest BCUT2D eigenvalue weighted by atomic mass is 32.2. The molecule has 18 heavy (non-hydrogen) atoms. The van der Waals surface area contributed by atoms with Gasteiger partial charge in [-0.05, 0) is 13.8 Å². The summed E-state index contributed by atoms with van der Waals surface area (Å²) in [6.45, 7) is 3.36. The number of hydrogen-bond acceptors (Lipinski definition) is 6. The van der Waals surface area contributed by atoms with Crippen molar-refractivity contribution >= 4 is 27.3 Å². The highest BCUT2D eigenvalue weighted by Crippen LogP contribution is 2.15. The molecule has 0 fully saturated rings. The van der Waals surface area contributed by atoms with E-state index in [0.29, 0.717) is 11.3 Å². The lowest BCUT2D eigenvalue weighted by Crippen LogP contribution is -2.26. The maximum atomic E-state index is 11.8. The maximum absolute atomic E-state index is 11.8. The van der Waals surface area contributed by atoms with Crippen LogP contribution in [-0.2, 0) is 19.6 Å². The summed E-state index contributed by atoms with van der Waals surface area (Å²) in [7, 11) is -3.75. The average molecular weight is 294 g/mol. The van der Waals surface area contributed by atoms with Crippen LogP contribution in [0.3, 0.4) is 0 Å². The number of thiazole rings is 1. The van der Waals surface area contributed by atoms with Crippen molar-refractivity contribution in [1.29, 1.82) is 0 Å². The van der Waals surface area contributed by atoms with Crippen molar-refractivity contribution in [3.05, 3.63) is 15.4 Å². The van der Waals surface area contributed by atoms with Gasteiger partial charge in [-0.15, -0.1) is 0 Å². The Balaban J connectivity index is 2.64. The molecule has 1 heterocycles. The Morgan fingerprint density at radius 3 is 2.67 bits per heavy atom. The first-order valence-electron chi connectivity index (χ1n) is 5.22. The Hall–Kier alpha value is -1.19. The van der Waals surface area contributed by atoms with Gasteiger partial charge in [0.15, 0.2) is 4.21 Å². The molecule has 7 nitrogen and oxygen atoms in total. The van der Waals surface area contributed by atoms with Crippen LogP contribution in [0.2, 0.25) is 0 Å². The minimum Gasteiger partial charge on any atom is -0.466 e. The van der Waals surface area contributed by atoms with E-state index in [-0.39, 0.29) is 29.5 Å². The number of aryl methyl sites for hydroxylation is 1. The Bertz CT molecular complexity index is 572. The number of ether oxygens (including phenoxy) is 1. The zero-order chi connectivity index (χ0) is 13.8. The quantitative estimate of drug-likeness (QED) is 0.717. The van der Waals surface area contributed by atoms with Crippen molar-refractivity contribution in [2.75, 3.05) is 13.2 Å². The molecule has 9 heteroatoms. The standard InChI is InChI=1S/C9H14N2O5S2/c1-3-16-7(12)4-5-10-18(14,15)8-6(2)11-9(13)17-8/h10H,3-5H2,1-2H3,(H,11,13). The first-order valence-corrected chi connectivity index (χ1v) is 7.51. The molecule has 0 unspecified atom stereocenters. The number of rotatable bonds is 6. The lowest BCUT2D eigenvalue weighted by molar-refractivity contribution is -0.142. The van der Waals surface area contributed by atoms with Crippen LogP contribution in [-0.4, -0.2) is 32.5 Å². The van der Waals surface area contributed by atoms with Crippen LogP contribution >= 0.6 is 11.3 Å². The third-order valence-corrected chi connectivity index (χ3v) is 5.02. The number of H-pyrrole nitrogens is 1. The van der Waals surface area contributed by atoms with Crippen LogP contribution in [0, 0.1) is 6.92 Å². The molecule has 1 aromatic heterocycles. The summed E-state index contributed by atoms with van der Waals surface area (Å²) in [6, 6.07) is 0. The van der Waals surface area contributed by atoms with Gasteiger partial charge in [-0.25, -0.2) is 13.1 Å². The summed E-state index contributed by atoms with van der Waals surface area (Å²) < 4.78 is 30.4. The van der Waals surface area contributed by atoms with Crippen LogP contribution in [0.5, 0.6) is 0 Å². The minimum absolute atomic E-state index is 0.0502. The number of carbonyl (C=O) groups is 1. The van der Waals surface area contributed by atoms with Crippen molar-refractivity contribution in [2.45, 2.75) is 24.5 Å². The normalized spacial score (nSPS) is 11.4. The van der Waals surface area contributed by atoms with E-state index in [0.717, 1.165) is 0 Å². The number of aromatic nitrogens is 1. The first-order chi connectivity index (χ1) is 8.36. The third kappa shape index (κ3) is 3.93. The second kappa shape index (κ2) is 6.12. The van der Waals surface area contributed by atoms with Crippen LogP contribution in [0.15, 0.2) is 9.00 Å². The van der Waals surface area contributed by atoms with Gasteiger partial charge in [0.05, 0.1) is 13.0 Å². The predicted octanol–water partition coefficient (Wildman–Crippen LogP) is -0.0237. The summed E-state index contributed by atoms with van der Waals surface area (Å²) in [5.41, 5.74) is 0.286. The van der Waals surface area contributed by atoms with Crippen molar-refractivity contribution in [3.8, 4) is 0 Å². The fourth-order valence-electron chi connectivity index (χ4n) is 1.23. The Morgan fingerprint density at radius 2 is 2.17 bits per heavy atom. The van der Waals surface area contributed by atoms with Crippen LogP contribution in [0.25, 0.3) is 0 Å². The van der Waals surface area contributed by atoms with Crippen LogP contribution < -0.4 is 9.60 Å². The molecule has 0 aliphatic rings. The van der Waals surface area contributed by atoms with Crippen molar-refractivity contribution in [1.82, 2.24) is 9.71 Å². The summed E-state index contributed by atoms with van der Waals surface area (Å²) in [5, 5.41) is 0. The van der Waals surface area contributed by atoms with Crippen LogP contribution in [0.4, 0.5) is 0 Å². The van der Waals surface area contributed by atoms with Gasteiger partial charge in [0.2, 0.25) is 0 Å². The average Bonchev–Trinajstić information content (AvgIpc) is 2.58. The van der Waals surface area contributed by atoms with Gasteiger partial charge >= 0.3 is 10.8 Å². The van der Waals surface area contributed by atoms with E-state index >= 15 is 0 Å². The Morgan fingerprint density at radius 1 is 1.50 bits per heavy atom. The molecule has 0 aliphatic heterocycles. The monoisotopic (exact) mass is 294 g/mol.